The van der Waals surface area contributed by atoms with Crippen LogP contribution in [0.1, 0.15) is 32.1 Å². The van der Waals surface area contributed by atoms with E-state index in [2.05, 4.69) is 10.6 Å². The molecule has 0 spiro atoms. The summed E-state index contributed by atoms with van der Waals surface area (Å²) >= 11 is 0. The zero-order valence-electron chi connectivity index (χ0n) is 14.6. The minimum Gasteiger partial charge on any atom is -0.368 e. The van der Waals surface area contributed by atoms with Gasteiger partial charge in [0.2, 0.25) is 5.91 Å². The topological polar surface area (TPSA) is 93.5 Å². The number of fused-ring (bicyclic) bond motifs is 2. The highest BCUT2D eigenvalue weighted by Gasteiger charge is 2.49. The average molecular weight is 380 g/mol. The SMILES string of the molecule is Cl.NC1C2CCC(C2)C1C(=O)Nc1ccc(NC(=O)C2CCCO2)cc1. The number of halogens is 1. The van der Waals surface area contributed by atoms with Crippen LogP contribution in [0.2, 0.25) is 0 Å². The summed E-state index contributed by atoms with van der Waals surface area (Å²) in [6.07, 6.45) is 4.71. The molecule has 26 heavy (non-hydrogen) atoms. The predicted molar refractivity (Wildman–Crippen MR) is 102 cm³/mol. The summed E-state index contributed by atoms with van der Waals surface area (Å²) in [5, 5.41) is 5.83. The Balaban J connectivity index is 0.00000196. The van der Waals surface area contributed by atoms with Crippen LogP contribution in [0, 0.1) is 17.8 Å². The highest BCUT2D eigenvalue weighted by Crippen LogP contribution is 2.47. The number of rotatable bonds is 4. The van der Waals surface area contributed by atoms with Gasteiger partial charge in [-0.25, -0.2) is 0 Å². The fraction of sp³-hybridized carbons (Fsp3) is 0.579. The summed E-state index contributed by atoms with van der Waals surface area (Å²) in [6.45, 7) is 0.647. The quantitative estimate of drug-likeness (QED) is 0.749. The number of hydrogen-bond acceptors (Lipinski definition) is 4. The number of carbonyl (C=O) groups excluding carboxylic acids is 2. The van der Waals surface area contributed by atoms with Crippen molar-refractivity contribution in [3.8, 4) is 0 Å². The Labute approximate surface area is 159 Å². The molecular weight excluding hydrogens is 354 g/mol. The molecule has 1 saturated heterocycles. The summed E-state index contributed by atoms with van der Waals surface area (Å²) in [5.74, 6) is 0.789. The molecule has 2 amide bonds. The Bertz CT molecular complexity index is 658. The minimum absolute atomic E-state index is 0. The van der Waals surface area contributed by atoms with Crippen LogP contribution in [0.15, 0.2) is 24.3 Å². The molecule has 3 aliphatic rings. The van der Waals surface area contributed by atoms with Gasteiger partial charge in [0.15, 0.2) is 0 Å². The van der Waals surface area contributed by atoms with Crippen LogP contribution < -0.4 is 16.4 Å². The van der Waals surface area contributed by atoms with Gasteiger partial charge in [-0.1, -0.05) is 0 Å². The van der Waals surface area contributed by atoms with Gasteiger partial charge in [-0.2, -0.15) is 0 Å². The molecular formula is C19H26ClN3O3. The van der Waals surface area contributed by atoms with Crippen molar-refractivity contribution in [1.29, 1.82) is 0 Å². The Kier molecular flexibility index (Phi) is 5.85. The lowest BCUT2D eigenvalue weighted by atomic mass is 9.84. The molecule has 0 aromatic heterocycles. The van der Waals surface area contributed by atoms with Crippen LogP contribution in [-0.4, -0.2) is 30.6 Å². The van der Waals surface area contributed by atoms with Gasteiger partial charge in [0.1, 0.15) is 6.10 Å². The van der Waals surface area contributed by atoms with Crippen molar-refractivity contribution in [3.05, 3.63) is 24.3 Å². The Morgan fingerprint density at radius 3 is 2.12 bits per heavy atom. The van der Waals surface area contributed by atoms with E-state index in [1.54, 1.807) is 12.1 Å². The van der Waals surface area contributed by atoms with Crippen LogP contribution in [0.4, 0.5) is 11.4 Å². The van der Waals surface area contributed by atoms with Crippen LogP contribution in [0.3, 0.4) is 0 Å². The van der Waals surface area contributed by atoms with Gasteiger partial charge in [0.05, 0.1) is 5.92 Å². The smallest absolute Gasteiger partial charge is 0.253 e. The highest BCUT2D eigenvalue weighted by molar-refractivity contribution is 5.96. The Hall–Kier alpha value is -1.63. The summed E-state index contributed by atoms with van der Waals surface area (Å²) in [4.78, 5) is 24.6. The van der Waals surface area contributed by atoms with Crippen molar-refractivity contribution in [1.82, 2.24) is 0 Å². The summed E-state index contributed by atoms with van der Waals surface area (Å²) < 4.78 is 5.37. The lowest BCUT2D eigenvalue weighted by Crippen LogP contribution is -2.42. The number of benzene rings is 1. The first-order valence-electron chi connectivity index (χ1n) is 9.21. The predicted octanol–water partition coefficient (Wildman–Crippen LogP) is 2.54. The van der Waals surface area contributed by atoms with Gasteiger partial charge in [-0.05, 0) is 68.2 Å². The molecule has 5 unspecified atom stereocenters. The van der Waals surface area contributed by atoms with Gasteiger partial charge in [0, 0.05) is 24.0 Å². The van der Waals surface area contributed by atoms with E-state index in [0.29, 0.717) is 24.1 Å². The van der Waals surface area contributed by atoms with Gasteiger partial charge >= 0.3 is 0 Å². The largest absolute Gasteiger partial charge is 0.368 e. The summed E-state index contributed by atoms with van der Waals surface area (Å²) in [5.41, 5.74) is 7.67. The second-order valence-corrected chi connectivity index (χ2v) is 7.49. The molecule has 1 aromatic carbocycles. The van der Waals surface area contributed by atoms with E-state index in [1.807, 2.05) is 12.1 Å². The van der Waals surface area contributed by atoms with E-state index in [1.165, 1.54) is 0 Å². The zero-order chi connectivity index (χ0) is 17.4. The maximum absolute atomic E-state index is 12.6. The molecule has 2 bridgehead atoms. The standard InChI is InChI=1S/C19H25N3O3.ClH/c20-17-12-4-3-11(10-12)16(17)19(24)22-14-7-5-13(6-8-14)21-18(23)15-2-1-9-25-15;/h5-8,11-12,15-17H,1-4,9-10,20H2,(H,21,23)(H,22,24);1H. The fourth-order valence-electron chi connectivity index (χ4n) is 4.59. The summed E-state index contributed by atoms with van der Waals surface area (Å²) in [6, 6.07) is 7.19. The van der Waals surface area contributed by atoms with E-state index in [4.69, 9.17) is 10.5 Å². The lowest BCUT2D eigenvalue weighted by Gasteiger charge is -2.27. The Morgan fingerprint density at radius 2 is 1.58 bits per heavy atom. The van der Waals surface area contributed by atoms with Crippen molar-refractivity contribution in [2.45, 2.75) is 44.2 Å². The first-order chi connectivity index (χ1) is 12.1. The number of anilines is 2. The van der Waals surface area contributed by atoms with Crippen molar-refractivity contribution in [2.75, 3.05) is 17.2 Å². The molecule has 4 N–H and O–H groups in total. The van der Waals surface area contributed by atoms with Crippen molar-refractivity contribution in [2.24, 2.45) is 23.5 Å². The molecule has 3 fully saturated rings. The van der Waals surface area contributed by atoms with Crippen LogP contribution in [0.5, 0.6) is 0 Å². The van der Waals surface area contributed by atoms with E-state index < -0.39 is 0 Å². The molecule has 7 heteroatoms. The van der Waals surface area contributed by atoms with Gasteiger partial charge in [0.25, 0.3) is 5.91 Å². The monoisotopic (exact) mass is 379 g/mol. The fourth-order valence-corrected chi connectivity index (χ4v) is 4.59. The molecule has 1 aromatic rings. The number of hydrogen-bond donors (Lipinski definition) is 3. The molecule has 2 saturated carbocycles. The molecule has 142 valence electrons. The third-order valence-electron chi connectivity index (χ3n) is 5.93. The average Bonchev–Trinajstić information content (AvgIpc) is 3.33. The van der Waals surface area contributed by atoms with Crippen molar-refractivity contribution in [3.63, 3.8) is 0 Å². The van der Waals surface area contributed by atoms with Gasteiger partial charge in [-0.15, -0.1) is 12.4 Å². The third-order valence-corrected chi connectivity index (χ3v) is 5.93. The summed E-state index contributed by atoms with van der Waals surface area (Å²) in [7, 11) is 0. The molecule has 1 heterocycles. The van der Waals surface area contributed by atoms with Crippen molar-refractivity contribution >= 4 is 35.6 Å². The normalized spacial score (nSPS) is 32.1. The van der Waals surface area contributed by atoms with E-state index in [-0.39, 0.29) is 42.3 Å². The number of amides is 2. The third kappa shape index (κ3) is 3.72. The van der Waals surface area contributed by atoms with Gasteiger partial charge < -0.3 is 21.1 Å². The van der Waals surface area contributed by atoms with Crippen LogP contribution >= 0.6 is 12.4 Å². The maximum atomic E-state index is 12.6. The van der Waals surface area contributed by atoms with E-state index >= 15 is 0 Å². The van der Waals surface area contributed by atoms with Crippen LogP contribution in [0.25, 0.3) is 0 Å². The van der Waals surface area contributed by atoms with Gasteiger partial charge in [-0.3, -0.25) is 9.59 Å². The van der Waals surface area contributed by atoms with Crippen molar-refractivity contribution < 1.29 is 14.3 Å². The van der Waals surface area contributed by atoms with E-state index in [0.717, 1.165) is 37.8 Å². The maximum Gasteiger partial charge on any atom is 0.253 e. The second kappa shape index (κ2) is 7.94. The molecule has 1 aliphatic heterocycles. The zero-order valence-corrected chi connectivity index (χ0v) is 15.5. The molecule has 5 atom stereocenters. The molecule has 2 aliphatic carbocycles. The van der Waals surface area contributed by atoms with E-state index in [9.17, 15) is 9.59 Å². The Morgan fingerprint density at radius 1 is 0.962 bits per heavy atom. The second-order valence-electron chi connectivity index (χ2n) is 7.49. The number of nitrogens with one attached hydrogen (secondary N) is 2. The first kappa shape index (κ1) is 19.1. The molecule has 6 nitrogen and oxygen atoms in total. The number of carbonyl (C=O) groups is 2. The first-order valence-corrected chi connectivity index (χ1v) is 9.21. The minimum atomic E-state index is -0.348. The highest BCUT2D eigenvalue weighted by atomic mass is 35.5. The molecule has 0 radical (unpaired) electrons. The lowest BCUT2D eigenvalue weighted by molar-refractivity contribution is -0.124. The number of ether oxygens (including phenoxy) is 1. The van der Waals surface area contributed by atoms with Crippen LogP contribution in [-0.2, 0) is 14.3 Å². The number of nitrogens with two attached hydrogens (primary N) is 1. The molecule has 4 rings (SSSR count).